The molecule has 180 valence electrons. The molecule has 0 fully saturated rings. The summed E-state index contributed by atoms with van der Waals surface area (Å²) in [5.74, 6) is -3.12. The number of carbonyl (C=O) groups is 5. The number of benzene rings is 1. The predicted octanol–water partition coefficient (Wildman–Crippen LogP) is 2.92. The number of hydrogen-bond donors (Lipinski definition) is 1. The van der Waals surface area contributed by atoms with Crippen LogP contribution < -0.4 is 5.32 Å². The van der Waals surface area contributed by atoms with Crippen molar-refractivity contribution in [1.29, 1.82) is 0 Å². The van der Waals surface area contributed by atoms with Crippen LogP contribution in [0, 0.1) is 0 Å². The number of amides is 2. The summed E-state index contributed by atoms with van der Waals surface area (Å²) in [7, 11) is 0. The molecule has 34 heavy (non-hydrogen) atoms. The molecule has 1 aromatic rings. The highest BCUT2D eigenvalue weighted by atomic mass is 32.2. The van der Waals surface area contributed by atoms with Crippen LogP contribution in [-0.2, 0) is 23.9 Å². The fourth-order valence-corrected chi connectivity index (χ4v) is 4.19. The second kappa shape index (κ2) is 9.09. The zero-order chi connectivity index (χ0) is 25.4. The van der Waals surface area contributed by atoms with Gasteiger partial charge in [0.05, 0.1) is 11.1 Å². The maximum absolute atomic E-state index is 13.3. The van der Waals surface area contributed by atoms with E-state index in [1.54, 1.807) is 53.7 Å². The predicted molar refractivity (Wildman–Crippen MR) is 124 cm³/mol. The van der Waals surface area contributed by atoms with Crippen molar-refractivity contribution >= 4 is 41.8 Å². The Balaban J connectivity index is 2.13. The minimum Gasteiger partial charge on any atom is -0.455 e. The minimum absolute atomic E-state index is 0.00980. The molecule has 0 spiro atoms. The van der Waals surface area contributed by atoms with Gasteiger partial charge in [-0.25, -0.2) is 14.5 Å². The van der Waals surface area contributed by atoms with Crippen LogP contribution >= 0.6 is 11.8 Å². The monoisotopic (exact) mass is 486 g/mol. The number of imide groups is 1. The Hall–Kier alpha value is -3.40. The number of aldehydes is 1. The van der Waals surface area contributed by atoms with Crippen molar-refractivity contribution in [3.63, 3.8) is 0 Å². The van der Waals surface area contributed by atoms with E-state index in [-0.39, 0.29) is 38.9 Å². The van der Waals surface area contributed by atoms with Gasteiger partial charge in [0.25, 0.3) is 11.8 Å². The molecule has 0 unspecified atom stereocenters. The molecule has 0 saturated carbocycles. The van der Waals surface area contributed by atoms with E-state index in [1.165, 1.54) is 12.1 Å². The Morgan fingerprint density at radius 2 is 1.50 bits per heavy atom. The number of carbonyl (C=O) groups excluding carboxylic acids is 5. The van der Waals surface area contributed by atoms with Gasteiger partial charge in [-0.15, -0.1) is 11.8 Å². The Bertz CT molecular complexity index is 1120. The molecule has 9 nitrogen and oxygen atoms in total. The van der Waals surface area contributed by atoms with Gasteiger partial charge in [0, 0.05) is 11.3 Å². The lowest BCUT2D eigenvalue weighted by Gasteiger charge is -2.29. The van der Waals surface area contributed by atoms with Crippen molar-refractivity contribution < 1.29 is 33.4 Å². The smallest absolute Gasteiger partial charge is 0.358 e. The van der Waals surface area contributed by atoms with Gasteiger partial charge < -0.3 is 14.8 Å². The summed E-state index contributed by atoms with van der Waals surface area (Å²) in [6.45, 7) is 9.95. The average molecular weight is 487 g/mol. The van der Waals surface area contributed by atoms with Gasteiger partial charge in [0.2, 0.25) is 0 Å². The van der Waals surface area contributed by atoms with Crippen LogP contribution in [0.25, 0.3) is 0 Å². The van der Waals surface area contributed by atoms with E-state index in [9.17, 15) is 24.0 Å². The normalized spacial score (nSPS) is 17.8. The number of hydrogen-bond acceptors (Lipinski definition) is 9. The van der Waals surface area contributed by atoms with E-state index in [1.807, 2.05) is 0 Å². The van der Waals surface area contributed by atoms with Crippen molar-refractivity contribution in [3.8, 4) is 0 Å². The first kappa shape index (κ1) is 25.2. The highest BCUT2D eigenvalue weighted by Crippen LogP contribution is 2.34. The van der Waals surface area contributed by atoms with Gasteiger partial charge in [-0.3, -0.25) is 14.4 Å². The van der Waals surface area contributed by atoms with Crippen molar-refractivity contribution in [1.82, 2.24) is 10.2 Å². The molecule has 0 atom stereocenters. The van der Waals surface area contributed by atoms with Gasteiger partial charge in [0.1, 0.15) is 28.2 Å². The number of fused-ring (bicyclic) bond motifs is 1. The lowest BCUT2D eigenvalue weighted by molar-refractivity contribution is -0.152. The third kappa shape index (κ3) is 5.22. The summed E-state index contributed by atoms with van der Waals surface area (Å²) in [4.78, 5) is 64.7. The summed E-state index contributed by atoms with van der Waals surface area (Å²) in [5, 5.41) is 2.78. The molecular weight excluding hydrogens is 460 g/mol. The lowest BCUT2D eigenvalue weighted by atomic mass is 10.1. The number of thioether (sulfide) groups is 1. The van der Waals surface area contributed by atoms with Crippen LogP contribution in [0.15, 0.2) is 46.3 Å². The van der Waals surface area contributed by atoms with Crippen LogP contribution in [0.1, 0.15) is 62.3 Å². The fraction of sp³-hybridized carbons (Fsp3) is 0.375. The van der Waals surface area contributed by atoms with Crippen LogP contribution in [0.3, 0.4) is 0 Å². The van der Waals surface area contributed by atoms with Crippen LogP contribution in [0.5, 0.6) is 0 Å². The molecule has 3 rings (SSSR count). The average Bonchev–Trinajstić information content (AvgIpc) is 2.97. The van der Waals surface area contributed by atoms with Gasteiger partial charge >= 0.3 is 11.9 Å². The summed E-state index contributed by atoms with van der Waals surface area (Å²) in [6, 6.07) is 6.21. The molecule has 1 aromatic carbocycles. The molecule has 2 aliphatic heterocycles. The van der Waals surface area contributed by atoms with E-state index >= 15 is 0 Å². The quantitative estimate of drug-likeness (QED) is 0.296. The zero-order valence-corrected chi connectivity index (χ0v) is 20.6. The van der Waals surface area contributed by atoms with Crippen molar-refractivity contribution in [2.75, 3.05) is 5.75 Å². The van der Waals surface area contributed by atoms with Crippen molar-refractivity contribution in [3.05, 3.63) is 57.4 Å². The van der Waals surface area contributed by atoms with Crippen LogP contribution in [-0.4, -0.2) is 51.9 Å². The Kier molecular flexibility index (Phi) is 6.75. The maximum Gasteiger partial charge on any atom is 0.358 e. The van der Waals surface area contributed by atoms with E-state index in [0.29, 0.717) is 6.29 Å². The van der Waals surface area contributed by atoms with Crippen LogP contribution in [0.2, 0.25) is 0 Å². The largest absolute Gasteiger partial charge is 0.455 e. The minimum atomic E-state index is -0.935. The Labute approximate surface area is 201 Å². The topological polar surface area (TPSA) is 119 Å². The molecule has 2 aliphatic rings. The SMILES string of the molecule is CC(C)(C)OC(=O)C1=C(C=O)CS/C(=C(/C(=O)OC(C)(C)C)N2C(=O)c3ccccc3C2=O)N1. The molecule has 2 heterocycles. The first-order chi connectivity index (χ1) is 15.7. The standard InChI is InChI=1S/C24H26N2O7S/c1-23(2,3)32-21(30)16-13(11-27)12-34-18(25-16)17(22(31)33-24(4,5)6)26-19(28)14-9-7-8-10-15(14)20(26)29/h7-11,25H,12H2,1-6H3/b18-17-. The maximum atomic E-state index is 13.3. The molecule has 0 saturated heterocycles. The summed E-state index contributed by atoms with van der Waals surface area (Å²) in [6.07, 6.45) is 0.519. The van der Waals surface area contributed by atoms with Gasteiger partial charge in [-0.1, -0.05) is 12.1 Å². The number of rotatable bonds is 4. The van der Waals surface area contributed by atoms with E-state index in [4.69, 9.17) is 9.47 Å². The zero-order valence-electron chi connectivity index (χ0n) is 19.8. The second-order valence-corrected chi connectivity index (χ2v) is 10.6. The van der Waals surface area contributed by atoms with E-state index in [0.717, 1.165) is 16.7 Å². The molecule has 0 aromatic heterocycles. The first-order valence-corrected chi connectivity index (χ1v) is 11.5. The summed E-state index contributed by atoms with van der Waals surface area (Å²) in [5.41, 5.74) is -1.90. The summed E-state index contributed by atoms with van der Waals surface area (Å²) >= 11 is 0.992. The van der Waals surface area contributed by atoms with Crippen LogP contribution in [0.4, 0.5) is 0 Å². The third-order valence-electron chi connectivity index (χ3n) is 4.50. The third-order valence-corrected chi connectivity index (χ3v) is 5.54. The van der Waals surface area contributed by atoms with Crippen molar-refractivity contribution in [2.24, 2.45) is 0 Å². The molecular formula is C24H26N2O7S. The molecule has 0 bridgehead atoms. The number of nitrogens with one attached hydrogen (secondary N) is 1. The number of esters is 2. The van der Waals surface area contributed by atoms with E-state index in [2.05, 4.69) is 5.32 Å². The van der Waals surface area contributed by atoms with Gasteiger partial charge in [0.15, 0.2) is 5.70 Å². The molecule has 2 amide bonds. The summed E-state index contributed by atoms with van der Waals surface area (Å²) < 4.78 is 10.9. The Morgan fingerprint density at radius 3 is 1.97 bits per heavy atom. The van der Waals surface area contributed by atoms with E-state index < -0.39 is 35.0 Å². The second-order valence-electron chi connectivity index (χ2n) is 9.60. The highest BCUT2D eigenvalue weighted by Gasteiger charge is 2.44. The van der Waals surface area contributed by atoms with Gasteiger partial charge in [-0.2, -0.15) is 0 Å². The molecule has 0 aliphatic carbocycles. The molecule has 0 radical (unpaired) electrons. The fourth-order valence-electron chi connectivity index (χ4n) is 3.19. The van der Waals surface area contributed by atoms with Crippen molar-refractivity contribution in [2.45, 2.75) is 52.7 Å². The van der Waals surface area contributed by atoms with Gasteiger partial charge in [-0.05, 0) is 53.7 Å². The number of nitrogens with zero attached hydrogens (tertiary/aromatic N) is 1. The Morgan fingerprint density at radius 1 is 0.971 bits per heavy atom. The molecule has 10 heteroatoms. The number of ether oxygens (including phenoxy) is 2. The lowest BCUT2D eigenvalue weighted by Crippen LogP contribution is -2.40. The molecule has 1 N–H and O–H groups in total. The first-order valence-electron chi connectivity index (χ1n) is 10.5. The highest BCUT2D eigenvalue weighted by molar-refractivity contribution is 8.03.